The molecule has 2 aromatic rings. The third-order valence-corrected chi connectivity index (χ3v) is 5.17. The first kappa shape index (κ1) is 18.2. The van der Waals surface area contributed by atoms with Gasteiger partial charge in [-0.25, -0.2) is 0 Å². The second-order valence-electron chi connectivity index (χ2n) is 7.10. The first-order chi connectivity index (χ1) is 12.5. The van der Waals surface area contributed by atoms with E-state index in [4.69, 9.17) is 0 Å². The Kier molecular flexibility index (Phi) is 5.45. The highest BCUT2D eigenvalue weighted by atomic mass is 16.2. The average molecular weight is 353 g/mol. The third-order valence-electron chi connectivity index (χ3n) is 5.17. The highest BCUT2D eigenvalue weighted by molar-refractivity contribution is 6.09. The maximum Gasteiger partial charge on any atom is 0.260 e. The topological polar surface area (TPSA) is 45.6 Å². The smallest absolute Gasteiger partial charge is 0.260 e. The summed E-state index contributed by atoms with van der Waals surface area (Å²) < 4.78 is 1.92. The quantitative estimate of drug-likeness (QED) is 0.847. The molecule has 0 unspecified atom stereocenters. The van der Waals surface area contributed by atoms with Crippen molar-refractivity contribution in [3.8, 4) is 0 Å². The number of piperidine rings is 1. The van der Waals surface area contributed by atoms with Gasteiger partial charge in [0.25, 0.3) is 5.91 Å². The van der Waals surface area contributed by atoms with Crippen molar-refractivity contribution in [2.24, 2.45) is 7.05 Å². The third kappa shape index (κ3) is 3.82. The van der Waals surface area contributed by atoms with Crippen LogP contribution >= 0.6 is 0 Å². The largest absolute Gasteiger partial charge is 0.354 e. The van der Waals surface area contributed by atoms with Gasteiger partial charge in [0, 0.05) is 37.7 Å². The molecule has 2 amide bonds. The number of aromatic nitrogens is 1. The van der Waals surface area contributed by atoms with Gasteiger partial charge in [0.1, 0.15) is 6.54 Å². The SMILES string of the molecule is Cc1cccc(N(CC(=O)N2CCCCC2)C(=O)c2ccn(C)c2C)c1. The molecule has 1 aromatic carbocycles. The first-order valence-electron chi connectivity index (χ1n) is 9.25. The summed E-state index contributed by atoms with van der Waals surface area (Å²) in [5.74, 6) is -0.104. The van der Waals surface area contributed by atoms with Crippen LogP contribution < -0.4 is 4.90 Å². The fourth-order valence-corrected chi connectivity index (χ4v) is 3.43. The number of carbonyl (C=O) groups is 2. The molecule has 0 aliphatic carbocycles. The van der Waals surface area contributed by atoms with Gasteiger partial charge in [0.05, 0.1) is 5.56 Å². The molecule has 26 heavy (non-hydrogen) atoms. The van der Waals surface area contributed by atoms with Crippen LogP contribution in [0.4, 0.5) is 5.69 Å². The zero-order valence-corrected chi connectivity index (χ0v) is 15.9. The molecule has 0 atom stereocenters. The summed E-state index contributed by atoms with van der Waals surface area (Å²) in [6.07, 6.45) is 5.14. The monoisotopic (exact) mass is 353 g/mol. The molecule has 5 heteroatoms. The Labute approximate surface area is 155 Å². The van der Waals surface area contributed by atoms with E-state index in [9.17, 15) is 9.59 Å². The van der Waals surface area contributed by atoms with Gasteiger partial charge >= 0.3 is 0 Å². The van der Waals surface area contributed by atoms with Crippen LogP contribution in [0, 0.1) is 13.8 Å². The number of hydrogen-bond donors (Lipinski definition) is 0. The lowest BCUT2D eigenvalue weighted by atomic mass is 10.1. The molecule has 0 bridgehead atoms. The lowest BCUT2D eigenvalue weighted by molar-refractivity contribution is -0.130. The number of rotatable bonds is 4. The van der Waals surface area contributed by atoms with Crippen molar-refractivity contribution < 1.29 is 9.59 Å². The summed E-state index contributed by atoms with van der Waals surface area (Å²) in [6, 6.07) is 9.60. The number of carbonyl (C=O) groups excluding carboxylic acids is 2. The van der Waals surface area contributed by atoms with Crippen LogP contribution in [0.15, 0.2) is 36.5 Å². The van der Waals surface area contributed by atoms with E-state index in [1.807, 2.05) is 66.9 Å². The van der Waals surface area contributed by atoms with E-state index in [0.29, 0.717) is 5.56 Å². The minimum atomic E-state index is -0.126. The van der Waals surface area contributed by atoms with Gasteiger partial charge in [-0.1, -0.05) is 12.1 Å². The van der Waals surface area contributed by atoms with Gasteiger partial charge in [-0.05, 0) is 56.9 Å². The van der Waals surface area contributed by atoms with E-state index in [1.54, 1.807) is 4.90 Å². The summed E-state index contributed by atoms with van der Waals surface area (Å²) in [4.78, 5) is 29.6. The molecule has 1 fully saturated rings. The minimum absolute atomic E-state index is 0.0214. The summed E-state index contributed by atoms with van der Waals surface area (Å²) in [5, 5.41) is 0. The summed E-state index contributed by atoms with van der Waals surface area (Å²) in [6.45, 7) is 5.58. The first-order valence-corrected chi connectivity index (χ1v) is 9.25. The Balaban J connectivity index is 1.90. The fourth-order valence-electron chi connectivity index (χ4n) is 3.43. The van der Waals surface area contributed by atoms with Gasteiger partial charge in [-0.3, -0.25) is 14.5 Å². The van der Waals surface area contributed by atoms with Crippen LogP contribution in [0.2, 0.25) is 0 Å². The number of benzene rings is 1. The lowest BCUT2D eigenvalue weighted by Crippen LogP contribution is -2.45. The van der Waals surface area contributed by atoms with Crippen LogP contribution in [0.25, 0.3) is 0 Å². The molecule has 0 saturated carbocycles. The Morgan fingerprint density at radius 2 is 1.81 bits per heavy atom. The van der Waals surface area contributed by atoms with Gasteiger partial charge < -0.3 is 9.47 Å². The van der Waals surface area contributed by atoms with E-state index in [-0.39, 0.29) is 18.4 Å². The standard InChI is InChI=1S/C21H27N3O2/c1-16-8-7-9-18(14-16)24(15-20(25)23-11-5-4-6-12-23)21(26)19-10-13-22(3)17(19)2/h7-10,13-14H,4-6,11-12,15H2,1-3H3. The Bertz CT molecular complexity index is 803. The molecule has 138 valence electrons. The highest BCUT2D eigenvalue weighted by Crippen LogP contribution is 2.21. The van der Waals surface area contributed by atoms with Crippen molar-refractivity contribution in [3.05, 3.63) is 53.3 Å². The van der Waals surface area contributed by atoms with E-state index >= 15 is 0 Å². The Morgan fingerprint density at radius 3 is 2.42 bits per heavy atom. The van der Waals surface area contributed by atoms with Crippen LogP contribution in [0.3, 0.4) is 0 Å². The second kappa shape index (κ2) is 7.77. The molecule has 1 aliphatic heterocycles. The lowest BCUT2D eigenvalue weighted by Gasteiger charge is -2.30. The molecule has 3 rings (SSSR count). The average Bonchev–Trinajstić information content (AvgIpc) is 2.98. The van der Waals surface area contributed by atoms with Crippen LogP contribution in [-0.4, -0.2) is 40.9 Å². The zero-order chi connectivity index (χ0) is 18.7. The molecule has 0 radical (unpaired) electrons. The number of nitrogens with zero attached hydrogens (tertiary/aromatic N) is 3. The normalized spacial score (nSPS) is 14.3. The molecular formula is C21H27N3O2. The minimum Gasteiger partial charge on any atom is -0.354 e. The summed E-state index contributed by atoms with van der Waals surface area (Å²) in [7, 11) is 1.92. The Morgan fingerprint density at radius 1 is 1.08 bits per heavy atom. The predicted molar refractivity (Wildman–Crippen MR) is 103 cm³/mol. The van der Waals surface area contributed by atoms with Crippen molar-refractivity contribution in [2.75, 3.05) is 24.5 Å². The zero-order valence-electron chi connectivity index (χ0n) is 15.9. The van der Waals surface area contributed by atoms with Crippen molar-refractivity contribution >= 4 is 17.5 Å². The maximum atomic E-state index is 13.3. The highest BCUT2D eigenvalue weighted by Gasteiger charge is 2.26. The van der Waals surface area contributed by atoms with Gasteiger partial charge in [-0.15, -0.1) is 0 Å². The fraction of sp³-hybridized carbons (Fsp3) is 0.429. The van der Waals surface area contributed by atoms with Crippen molar-refractivity contribution in [2.45, 2.75) is 33.1 Å². The molecule has 1 aliphatic rings. The molecule has 2 heterocycles. The van der Waals surface area contributed by atoms with E-state index < -0.39 is 0 Å². The molecule has 0 spiro atoms. The molecular weight excluding hydrogens is 326 g/mol. The number of anilines is 1. The van der Waals surface area contributed by atoms with Crippen molar-refractivity contribution in [3.63, 3.8) is 0 Å². The van der Waals surface area contributed by atoms with Crippen molar-refractivity contribution in [1.29, 1.82) is 0 Å². The molecule has 1 aromatic heterocycles. The number of hydrogen-bond acceptors (Lipinski definition) is 2. The van der Waals surface area contributed by atoms with E-state index in [0.717, 1.165) is 42.9 Å². The molecule has 5 nitrogen and oxygen atoms in total. The van der Waals surface area contributed by atoms with Gasteiger partial charge in [0.15, 0.2) is 0 Å². The van der Waals surface area contributed by atoms with Gasteiger partial charge in [-0.2, -0.15) is 0 Å². The number of aryl methyl sites for hydroxylation is 2. The van der Waals surface area contributed by atoms with Gasteiger partial charge in [0.2, 0.25) is 5.91 Å². The van der Waals surface area contributed by atoms with Crippen molar-refractivity contribution in [1.82, 2.24) is 9.47 Å². The molecule has 0 N–H and O–H groups in total. The summed E-state index contributed by atoms with van der Waals surface area (Å²) in [5.41, 5.74) is 3.37. The number of likely N-dealkylation sites (tertiary alicyclic amines) is 1. The predicted octanol–water partition coefficient (Wildman–Crippen LogP) is 3.30. The summed E-state index contributed by atoms with van der Waals surface area (Å²) >= 11 is 0. The Hall–Kier alpha value is -2.56. The molecule has 1 saturated heterocycles. The number of amides is 2. The van der Waals surface area contributed by atoms with E-state index in [1.165, 1.54) is 6.42 Å². The van der Waals surface area contributed by atoms with Crippen LogP contribution in [0.5, 0.6) is 0 Å². The van der Waals surface area contributed by atoms with Crippen LogP contribution in [0.1, 0.15) is 40.9 Å². The second-order valence-corrected chi connectivity index (χ2v) is 7.10. The van der Waals surface area contributed by atoms with E-state index in [2.05, 4.69) is 0 Å². The maximum absolute atomic E-state index is 13.3. The van der Waals surface area contributed by atoms with Crippen LogP contribution in [-0.2, 0) is 11.8 Å².